The van der Waals surface area contributed by atoms with Gasteiger partial charge in [-0.1, -0.05) is 30.3 Å². The van der Waals surface area contributed by atoms with E-state index in [1.807, 2.05) is 30.3 Å². The minimum atomic E-state index is -0.627. The smallest absolute Gasteiger partial charge is 0.328 e. The van der Waals surface area contributed by atoms with Crippen molar-refractivity contribution in [3.63, 3.8) is 0 Å². The third-order valence-electron chi connectivity index (χ3n) is 3.60. The molecule has 3 rings (SSSR count). The van der Waals surface area contributed by atoms with Crippen LogP contribution in [-0.2, 0) is 17.9 Å². The van der Waals surface area contributed by atoms with Gasteiger partial charge in [0.05, 0.1) is 0 Å². The highest BCUT2D eigenvalue weighted by molar-refractivity contribution is 5.90. The van der Waals surface area contributed by atoms with Crippen molar-refractivity contribution in [2.75, 3.05) is 5.32 Å². The van der Waals surface area contributed by atoms with Gasteiger partial charge < -0.3 is 10.1 Å². The van der Waals surface area contributed by atoms with Crippen LogP contribution in [0.25, 0.3) is 0 Å². The second-order valence-electron chi connectivity index (χ2n) is 5.58. The van der Waals surface area contributed by atoms with Gasteiger partial charge in [0.1, 0.15) is 18.9 Å². The first kappa shape index (κ1) is 17.2. The van der Waals surface area contributed by atoms with E-state index >= 15 is 0 Å². The molecule has 2 aromatic carbocycles. The Labute approximate surface area is 148 Å². The molecule has 0 spiro atoms. The van der Waals surface area contributed by atoms with Crippen molar-refractivity contribution in [3.8, 4) is 5.75 Å². The van der Waals surface area contributed by atoms with E-state index in [4.69, 9.17) is 4.74 Å². The van der Waals surface area contributed by atoms with Crippen molar-refractivity contribution < 1.29 is 9.53 Å². The molecule has 0 radical (unpaired) electrons. The lowest BCUT2D eigenvalue weighted by atomic mass is 10.2. The van der Waals surface area contributed by atoms with Crippen molar-refractivity contribution in [3.05, 3.63) is 93.3 Å². The molecular weight excluding hydrogens is 334 g/mol. The minimum Gasteiger partial charge on any atom is -0.489 e. The van der Waals surface area contributed by atoms with E-state index in [1.54, 1.807) is 24.3 Å². The van der Waals surface area contributed by atoms with Crippen LogP contribution in [0.5, 0.6) is 5.75 Å². The highest BCUT2D eigenvalue weighted by Gasteiger charge is 2.06. The fraction of sp³-hybridized carbons (Fsp3) is 0.105. The van der Waals surface area contributed by atoms with E-state index in [-0.39, 0.29) is 12.5 Å². The summed E-state index contributed by atoms with van der Waals surface area (Å²) in [7, 11) is 0. The molecule has 7 nitrogen and oxygen atoms in total. The lowest BCUT2D eigenvalue weighted by molar-refractivity contribution is -0.116. The number of anilines is 1. The zero-order valence-corrected chi connectivity index (χ0v) is 13.8. The second kappa shape index (κ2) is 7.98. The predicted octanol–water partition coefficient (Wildman–Crippen LogP) is 1.75. The number of aromatic nitrogens is 2. The van der Waals surface area contributed by atoms with Crippen LogP contribution >= 0.6 is 0 Å². The van der Waals surface area contributed by atoms with Crippen molar-refractivity contribution in [1.82, 2.24) is 9.55 Å². The third kappa shape index (κ3) is 4.70. The molecule has 1 heterocycles. The van der Waals surface area contributed by atoms with Gasteiger partial charge in [0.15, 0.2) is 0 Å². The number of amides is 1. The lowest BCUT2D eigenvalue weighted by Gasteiger charge is -2.09. The molecule has 0 bridgehead atoms. The van der Waals surface area contributed by atoms with Gasteiger partial charge in [0.2, 0.25) is 5.91 Å². The molecule has 0 saturated heterocycles. The Hall–Kier alpha value is -3.61. The molecule has 0 aliphatic carbocycles. The number of nitrogens with one attached hydrogen (secondary N) is 2. The molecule has 7 heteroatoms. The first-order chi connectivity index (χ1) is 12.6. The summed E-state index contributed by atoms with van der Waals surface area (Å²) in [6.45, 7) is 0.267. The number of aromatic amines is 1. The maximum atomic E-state index is 12.0. The predicted molar refractivity (Wildman–Crippen MR) is 97.2 cm³/mol. The zero-order valence-electron chi connectivity index (χ0n) is 13.8. The molecule has 26 heavy (non-hydrogen) atoms. The van der Waals surface area contributed by atoms with E-state index < -0.39 is 11.2 Å². The number of benzene rings is 2. The Bertz CT molecular complexity index is 992. The highest BCUT2D eigenvalue weighted by atomic mass is 16.5. The first-order valence-corrected chi connectivity index (χ1v) is 7.96. The van der Waals surface area contributed by atoms with Crippen LogP contribution < -0.4 is 21.3 Å². The van der Waals surface area contributed by atoms with Crippen molar-refractivity contribution in [2.24, 2.45) is 0 Å². The topological polar surface area (TPSA) is 93.2 Å². The van der Waals surface area contributed by atoms with Gasteiger partial charge in [0.25, 0.3) is 5.56 Å². The van der Waals surface area contributed by atoms with Gasteiger partial charge in [-0.25, -0.2) is 4.79 Å². The van der Waals surface area contributed by atoms with E-state index in [9.17, 15) is 14.4 Å². The largest absolute Gasteiger partial charge is 0.489 e. The summed E-state index contributed by atoms with van der Waals surface area (Å²) in [5.41, 5.74) is 0.519. The summed E-state index contributed by atoms with van der Waals surface area (Å²) < 4.78 is 6.80. The molecule has 0 aliphatic heterocycles. The van der Waals surface area contributed by atoms with E-state index in [0.717, 1.165) is 10.1 Å². The number of hydrogen-bond donors (Lipinski definition) is 2. The summed E-state index contributed by atoms with van der Waals surface area (Å²) in [6, 6.07) is 17.9. The van der Waals surface area contributed by atoms with Crippen LogP contribution in [0.3, 0.4) is 0 Å². The fourth-order valence-electron chi connectivity index (χ4n) is 2.30. The molecule has 0 atom stereocenters. The van der Waals surface area contributed by atoms with Crippen LogP contribution in [0.15, 0.2) is 76.4 Å². The third-order valence-corrected chi connectivity index (χ3v) is 3.60. The number of rotatable bonds is 6. The van der Waals surface area contributed by atoms with Crippen molar-refractivity contribution in [1.29, 1.82) is 0 Å². The number of nitrogens with zero attached hydrogens (tertiary/aromatic N) is 1. The molecule has 132 valence electrons. The average Bonchev–Trinajstić information content (AvgIpc) is 2.64. The Morgan fingerprint density at radius 1 is 1.00 bits per heavy atom. The van der Waals surface area contributed by atoms with Gasteiger partial charge in [0, 0.05) is 18.0 Å². The standard InChI is InChI=1S/C19H17N3O4/c23-17-10-11-22(19(25)21-17)12-18(24)20-15-6-8-16(9-7-15)26-13-14-4-2-1-3-5-14/h1-11H,12-13H2,(H,20,24)(H,21,23,25). The molecule has 0 aliphatic rings. The molecular formula is C19H17N3O4. The fourth-order valence-corrected chi connectivity index (χ4v) is 2.30. The van der Waals surface area contributed by atoms with Gasteiger partial charge in [-0.3, -0.25) is 19.1 Å². The molecule has 1 aromatic heterocycles. The van der Waals surface area contributed by atoms with Crippen LogP contribution in [0.2, 0.25) is 0 Å². The maximum absolute atomic E-state index is 12.0. The van der Waals surface area contributed by atoms with Crippen LogP contribution in [0, 0.1) is 0 Å². The van der Waals surface area contributed by atoms with Crippen LogP contribution in [0.4, 0.5) is 5.69 Å². The number of ether oxygens (including phenoxy) is 1. The Kier molecular flexibility index (Phi) is 5.28. The molecule has 3 aromatic rings. The highest BCUT2D eigenvalue weighted by Crippen LogP contribution is 2.17. The molecule has 1 amide bonds. The normalized spacial score (nSPS) is 10.3. The molecule has 0 unspecified atom stereocenters. The van der Waals surface area contributed by atoms with Crippen molar-refractivity contribution in [2.45, 2.75) is 13.2 Å². The zero-order chi connectivity index (χ0) is 18.4. The first-order valence-electron chi connectivity index (χ1n) is 7.96. The summed E-state index contributed by atoms with van der Waals surface area (Å²) in [4.78, 5) is 36.7. The lowest BCUT2D eigenvalue weighted by Crippen LogP contribution is -2.32. The molecule has 2 N–H and O–H groups in total. The van der Waals surface area contributed by atoms with Gasteiger partial charge in [-0.15, -0.1) is 0 Å². The van der Waals surface area contributed by atoms with Gasteiger partial charge >= 0.3 is 5.69 Å². The number of carbonyl (C=O) groups is 1. The summed E-state index contributed by atoms with van der Waals surface area (Å²) >= 11 is 0. The Morgan fingerprint density at radius 2 is 1.73 bits per heavy atom. The number of H-pyrrole nitrogens is 1. The molecule has 0 fully saturated rings. The minimum absolute atomic E-state index is 0.193. The van der Waals surface area contributed by atoms with E-state index in [0.29, 0.717) is 18.0 Å². The van der Waals surface area contributed by atoms with Crippen molar-refractivity contribution >= 4 is 11.6 Å². The average molecular weight is 351 g/mol. The van der Waals surface area contributed by atoms with E-state index in [2.05, 4.69) is 10.3 Å². The summed E-state index contributed by atoms with van der Waals surface area (Å²) in [5, 5.41) is 2.69. The molecule has 0 saturated carbocycles. The number of hydrogen-bond acceptors (Lipinski definition) is 4. The van der Waals surface area contributed by atoms with E-state index in [1.165, 1.54) is 12.3 Å². The Balaban J connectivity index is 1.55. The maximum Gasteiger partial charge on any atom is 0.328 e. The summed E-state index contributed by atoms with van der Waals surface area (Å²) in [6.07, 6.45) is 1.28. The van der Waals surface area contributed by atoms with Gasteiger partial charge in [-0.05, 0) is 29.8 Å². The summed E-state index contributed by atoms with van der Waals surface area (Å²) in [5.74, 6) is 0.306. The monoisotopic (exact) mass is 351 g/mol. The SMILES string of the molecule is O=C(Cn1ccc(=O)[nH]c1=O)Nc1ccc(OCc2ccccc2)cc1. The quantitative estimate of drug-likeness (QED) is 0.708. The second-order valence-corrected chi connectivity index (χ2v) is 5.58. The number of carbonyl (C=O) groups excluding carboxylic acids is 1. The van der Waals surface area contributed by atoms with Gasteiger partial charge in [-0.2, -0.15) is 0 Å². The Morgan fingerprint density at radius 3 is 2.42 bits per heavy atom. The van der Waals surface area contributed by atoms with Crippen LogP contribution in [0.1, 0.15) is 5.56 Å². The van der Waals surface area contributed by atoms with Crippen LogP contribution in [-0.4, -0.2) is 15.5 Å².